The predicted octanol–water partition coefficient (Wildman–Crippen LogP) is 5.66. The number of hydrogen-bond acceptors (Lipinski definition) is 4. The van der Waals surface area contributed by atoms with Crippen LogP contribution in [-0.2, 0) is 16.1 Å². The summed E-state index contributed by atoms with van der Waals surface area (Å²) in [6.07, 6.45) is 4.70. The Labute approximate surface area is 168 Å². The number of benzene rings is 2. The van der Waals surface area contributed by atoms with Crippen LogP contribution in [0, 0.1) is 5.92 Å². The zero-order valence-electron chi connectivity index (χ0n) is 17.0. The highest BCUT2D eigenvalue weighted by Gasteiger charge is 2.13. The van der Waals surface area contributed by atoms with E-state index in [1.54, 1.807) is 24.3 Å². The molecule has 0 aliphatic heterocycles. The molecule has 2 aromatic rings. The molecule has 2 rings (SSSR count). The molecule has 0 aliphatic carbocycles. The van der Waals surface area contributed by atoms with Crippen molar-refractivity contribution in [2.24, 2.45) is 5.92 Å². The highest BCUT2D eigenvalue weighted by molar-refractivity contribution is 5.89. The van der Waals surface area contributed by atoms with E-state index in [1.807, 2.05) is 30.3 Å². The van der Waals surface area contributed by atoms with E-state index < -0.39 is 12.3 Å². The van der Waals surface area contributed by atoms with Gasteiger partial charge in [0.05, 0.1) is 12.2 Å². The molecule has 0 saturated carbocycles. The summed E-state index contributed by atoms with van der Waals surface area (Å²) in [6, 6.07) is 16.3. The largest absolute Gasteiger partial charge is 0.457 e. The van der Waals surface area contributed by atoms with Crippen LogP contribution in [0.2, 0.25) is 0 Å². The smallest absolute Gasteiger partial charge is 0.338 e. The predicted molar refractivity (Wildman–Crippen MR) is 111 cm³/mol. The van der Waals surface area contributed by atoms with Crippen LogP contribution in [0.25, 0.3) is 0 Å². The fourth-order valence-corrected chi connectivity index (χ4v) is 2.93. The third-order valence-corrected chi connectivity index (χ3v) is 4.57. The van der Waals surface area contributed by atoms with E-state index in [0.29, 0.717) is 17.7 Å². The Bertz CT molecular complexity index is 697. The number of rotatable bonds is 12. The summed E-state index contributed by atoms with van der Waals surface area (Å²) in [5.74, 6) is 0.341. The Morgan fingerprint density at radius 3 is 2.46 bits per heavy atom. The zero-order chi connectivity index (χ0) is 20.2. The van der Waals surface area contributed by atoms with Crippen LogP contribution in [0.4, 0.5) is 0 Å². The summed E-state index contributed by atoms with van der Waals surface area (Å²) in [5, 5.41) is 10.2. The van der Waals surface area contributed by atoms with E-state index >= 15 is 0 Å². The van der Waals surface area contributed by atoms with Crippen LogP contribution < -0.4 is 0 Å². The molecule has 2 aromatic carbocycles. The molecular formula is C24H32O4. The van der Waals surface area contributed by atoms with Gasteiger partial charge in [-0.05, 0) is 30.0 Å². The minimum atomic E-state index is -1.03. The lowest BCUT2D eigenvalue weighted by Gasteiger charge is -2.13. The first-order valence-electron chi connectivity index (χ1n) is 10.2. The van der Waals surface area contributed by atoms with Gasteiger partial charge < -0.3 is 14.6 Å². The van der Waals surface area contributed by atoms with Crippen molar-refractivity contribution in [1.29, 1.82) is 0 Å². The Hall–Kier alpha value is -2.17. The number of esters is 1. The molecule has 28 heavy (non-hydrogen) atoms. The molecule has 1 unspecified atom stereocenters. The molecule has 1 N–H and O–H groups in total. The summed E-state index contributed by atoms with van der Waals surface area (Å²) in [4.78, 5) is 12.3. The second-order valence-corrected chi connectivity index (χ2v) is 7.51. The zero-order valence-corrected chi connectivity index (χ0v) is 17.0. The molecule has 0 radical (unpaired) electrons. The van der Waals surface area contributed by atoms with Gasteiger partial charge in [-0.3, -0.25) is 0 Å². The summed E-state index contributed by atoms with van der Waals surface area (Å²) < 4.78 is 10.9. The molecule has 0 bridgehead atoms. The van der Waals surface area contributed by atoms with Crippen molar-refractivity contribution in [2.45, 2.75) is 58.8 Å². The molecule has 0 heterocycles. The topological polar surface area (TPSA) is 55.8 Å². The lowest BCUT2D eigenvalue weighted by atomic mass is 10.0. The first-order valence-corrected chi connectivity index (χ1v) is 10.2. The SMILES string of the molecule is CC(C)CCCCCCOC(O)c1cccc(C(=O)OCc2ccccc2)c1. The molecular weight excluding hydrogens is 352 g/mol. The van der Waals surface area contributed by atoms with E-state index in [0.717, 1.165) is 24.3 Å². The molecule has 0 fully saturated rings. The van der Waals surface area contributed by atoms with E-state index in [-0.39, 0.29) is 6.61 Å². The van der Waals surface area contributed by atoms with Crippen molar-refractivity contribution in [1.82, 2.24) is 0 Å². The number of carbonyl (C=O) groups excluding carboxylic acids is 1. The molecule has 0 saturated heterocycles. The molecule has 4 nitrogen and oxygen atoms in total. The minimum absolute atomic E-state index is 0.222. The first kappa shape index (κ1) is 22.1. The van der Waals surface area contributed by atoms with Crippen molar-refractivity contribution in [3.63, 3.8) is 0 Å². The van der Waals surface area contributed by atoms with Crippen LogP contribution in [0.1, 0.15) is 73.7 Å². The van der Waals surface area contributed by atoms with Crippen molar-refractivity contribution in [3.8, 4) is 0 Å². The van der Waals surface area contributed by atoms with Gasteiger partial charge in [0.2, 0.25) is 0 Å². The first-order chi connectivity index (χ1) is 13.6. The fourth-order valence-electron chi connectivity index (χ4n) is 2.93. The number of unbranched alkanes of at least 4 members (excludes halogenated alkanes) is 3. The van der Waals surface area contributed by atoms with Crippen LogP contribution >= 0.6 is 0 Å². The van der Waals surface area contributed by atoms with Crippen LogP contribution in [0.3, 0.4) is 0 Å². The Balaban J connectivity index is 1.74. The number of ether oxygens (including phenoxy) is 2. The Morgan fingerprint density at radius 1 is 0.964 bits per heavy atom. The van der Waals surface area contributed by atoms with Crippen LogP contribution in [0.15, 0.2) is 54.6 Å². The second-order valence-electron chi connectivity index (χ2n) is 7.51. The van der Waals surface area contributed by atoms with E-state index in [2.05, 4.69) is 13.8 Å². The van der Waals surface area contributed by atoms with Crippen LogP contribution in [0.5, 0.6) is 0 Å². The van der Waals surface area contributed by atoms with Gasteiger partial charge in [0.1, 0.15) is 6.61 Å². The quantitative estimate of drug-likeness (QED) is 0.291. The number of carbonyl (C=O) groups is 1. The molecule has 4 heteroatoms. The molecule has 152 valence electrons. The molecule has 0 aromatic heterocycles. The van der Waals surface area contributed by atoms with Crippen molar-refractivity contribution in [2.75, 3.05) is 6.61 Å². The molecule has 0 spiro atoms. The Morgan fingerprint density at radius 2 is 1.71 bits per heavy atom. The molecule has 1 atom stereocenters. The monoisotopic (exact) mass is 384 g/mol. The third-order valence-electron chi connectivity index (χ3n) is 4.57. The Kier molecular flexibility index (Phi) is 9.73. The highest BCUT2D eigenvalue weighted by Crippen LogP contribution is 2.18. The average molecular weight is 385 g/mol. The minimum Gasteiger partial charge on any atom is -0.457 e. The lowest BCUT2D eigenvalue weighted by molar-refractivity contribution is -0.103. The normalized spacial score (nSPS) is 12.1. The van der Waals surface area contributed by atoms with Gasteiger partial charge in [-0.2, -0.15) is 0 Å². The summed E-state index contributed by atoms with van der Waals surface area (Å²) in [6.45, 7) is 5.21. The van der Waals surface area contributed by atoms with Crippen molar-refractivity contribution in [3.05, 3.63) is 71.3 Å². The van der Waals surface area contributed by atoms with Gasteiger partial charge in [0.15, 0.2) is 6.29 Å². The molecule has 0 aliphatic rings. The van der Waals surface area contributed by atoms with Crippen molar-refractivity contribution < 1.29 is 19.4 Å². The fraction of sp³-hybridized carbons (Fsp3) is 0.458. The lowest BCUT2D eigenvalue weighted by Crippen LogP contribution is -2.09. The average Bonchev–Trinajstić information content (AvgIpc) is 2.71. The van der Waals surface area contributed by atoms with Crippen LogP contribution in [-0.4, -0.2) is 17.7 Å². The van der Waals surface area contributed by atoms with Gasteiger partial charge in [-0.1, -0.05) is 82.0 Å². The standard InChI is InChI=1S/C24H32O4/c1-19(2)11-6-3-4-9-16-27-23(25)21-14-10-15-22(17-21)24(26)28-18-20-12-7-5-8-13-20/h5,7-8,10,12-15,17,19,23,25H,3-4,6,9,11,16,18H2,1-2H3. The van der Waals surface area contributed by atoms with E-state index in [4.69, 9.17) is 9.47 Å². The maximum absolute atomic E-state index is 12.3. The second kappa shape index (κ2) is 12.3. The molecule has 0 amide bonds. The van der Waals surface area contributed by atoms with Gasteiger partial charge in [-0.15, -0.1) is 0 Å². The highest BCUT2D eigenvalue weighted by atomic mass is 16.6. The number of aliphatic hydroxyl groups is 1. The van der Waals surface area contributed by atoms with E-state index in [9.17, 15) is 9.90 Å². The maximum atomic E-state index is 12.3. The van der Waals surface area contributed by atoms with Gasteiger partial charge in [0.25, 0.3) is 0 Å². The third kappa shape index (κ3) is 8.24. The maximum Gasteiger partial charge on any atom is 0.338 e. The summed E-state index contributed by atoms with van der Waals surface area (Å²) in [5.41, 5.74) is 1.91. The van der Waals surface area contributed by atoms with Crippen molar-refractivity contribution >= 4 is 5.97 Å². The van der Waals surface area contributed by atoms with Gasteiger partial charge in [-0.25, -0.2) is 4.79 Å². The summed E-state index contributed by atoms with van der Waals surface area (Å²) in [7, 11) is 0. The van der Waals surface area contributed by atoms with Gasteiger partial charge in [0, 0.05) is 5.56 Å². The van der Waals surface area contributed by atoms with E-state index in [1.165, 1.54) is 19.3 Å². The number of hydrogen-bond donors (Lipinski definition) is 1. The van der Waals surface area contributed by atoms with Gasteiger partial charge >= 0.3 is 5.97 Å². The summed E-state index contributed by atoms with van der Waals surface area (Å²) >= 11 is 0. The number of aliphatic hydroxyl groups excluding tert-OH is 1.